The first-order chi connectivity index (χ1) is 6.22. The Morgan fingerprint density at radius 1 is 1.31 bits per heavy atom. The molecule has 0 saturated heterocycles. The zero-order valence-corrected chi connectivity index (χ0v) is 8.18. The lowest BCUT2D eigenvalue weighted by molar-refractivity contribution is 0.237. The van der Waals surface area contributed by atoms with Gasteiger partial charge in [-0.05, 0) is 32.2 Å². The number of hydrogen-bond acceptors (Lipinski definition) is 2. The summed E-state index contributed by atoms with van der Waals surface area (Å²) < 4.78 is 0. The third-order valence-corrected chi connectivity index (χ3v) is 2.57. The van der Waals surface area contributed by atoms with Gasteiger partial charge in [0.2, 0.25) is 0 Å². The van der Waals surface area contributed by atoms with Gasteiger partial charge in [0, 0.05) is 12.1 Å². The summed E-state index contributed by atoms with van der Waals surface area (Å²) in [4.78, 5) is 10.6. The molecule has 0 aliphatic heterocycles. The highest BCUT2D eigenvalue weighted by Gasteiger charge is 2.20. The molecule has 1 rings (SSSR count). The number of nitrogens with two attached hydrogens (primary N) is 1. The van der Waals surface area contributed by atoms with E-state index in [1.807, 2.05) is 0 Å². The molecular formula is C9H19N3O. The van der Waals surface area contributed by atoms with Crippen molar-refractivity contribution in [2.75, 3.05) is 6.54 Å². The van der Waals surface area contributed by atoms with Gasteiger partial charge in [0.25, 0.3) is 0 Å². The molecule has 13 heavy (non-hydrogen) atoms. The first-order valence-corrected chi connectivity index (χ1v) is 5.01. The molecule has 4 nitrogen and oxygen atoms in total. The molecule has 0 atom stereocenters. The monoisotopic (exact) mass is 185 g/mol. The van der Waals surface area contributed by atoms with E-state index in [0.29, 0.717) is 12.1 Å². The summed E-state index contributed by atoms with van der Waals surface area (Å²) in [7, 11) is 0. The molecule has 0 aromatic heterocycles. The summed E-state index contributed by atoms with van der Waals surface area (Å²) in [5, 5.41) is 6.17. The average molecular weight is 185 g/mol. The highest BCUT2D eigenvalue weighted by atomic mass is 16.2. The van der Waals surface area contributed by atoms with Gasteiger partial charge in [-0.25, -0.2) is 4.79 Å². The first-order valence-electron chi connectivity index (χ1n) is 5.01. The summed E-state index contributed by atoms with van der Waals surface area (Å²) in [5.74, 6) is 0. The minimum Gasteiger partial charge on any atom is -0.352 e. The summed E-state index contributed by atoms with van der Waals surface area (Å²) in [6, 6.07) is 0.537. The Labute approximate surface area is 79.3 Å². The molecule has 0 spiro atoms. The van der Waals surface area contributed by atoms with E-state index in [0.717, 1.165) is 32.2 Å². The summed E-state index contributed by atoms with van der Waals surface area (Å²) in [5.41, 5.74) is 5.05. The Hall–Kier alpha value is -0.770. The van der Waals surface area contributed by atoms with Crippen LogP contribution in [0.3, 0.4) is 0 Å². The summed E-state index contributed by atoms with van der Waals surface area (Å²) in [6.45, 7) is 3.15. The highest BCUT2D eigenvalue weighted by molar-refractivity contribution is 5.71. The molecule has 4 heteroatoms. The maximum atomic E-state index is 10.6. The second-order valence-corrected chi connectivity index (χ2v) is 3.61. The van der Waals surface area contributed by atoms with E-state index in [1.54, 1.807) is 0 Å². The number of rotatable bonds is 3. The Bertz CT molecular complexity index is 164. The highest BCUT2D eigenvalue weighted by Crippen LogP contribution is 2.18. The molecule has 0 heterocycles. The SMILES string of the molecule is CCNC1CCC(NC(N)=O)CC1. The molecule has 0 aromatic carbocycles. The van der Waals surface area contributed by atoms with Crippen LogP contribution in [-0.4, -0.2) is 24.7 Å². The quantitative estimate of drug-likeness (QED) is 0.602. The van der Waals surface area contributed by atoms with Crippen LogP contribution in [0.4, 0.5) is 4.79 Å². The van der Waals surface area contributed by atoms with Crippen LogP contribution in [0.25, 0.3) is 0 Å². The minimum absolute atomic E-state index is 0.299. The molecule has 0 aromatic rings. The normalized spacial score (nSPS) is 28.4. The lowest BCUT2D eigenvalue weighted by atomic mass is 9.91. The van der Waals surface area contributed by atoms with Gasteiger partial charge in [-0.15, -0.1) is 0 Å². The van der Waals surface area contributed by atoms with Crippen molar-refractivity contribution in [3.8, 4) is 0 Å². The van der Waals surface area contributed by atoms with Gasteiger partial charge in [0.1, 0.15) is 0 Å². The molecule has 0 bridgehead atoms. The predicted molar refractivity (Wildman–Crippen MR) is 52.4 cm³/mol. The Morgan fingerprint density at radius 3 is 2.31 bits per heavy atom. The van der Waals surface area contributed by atoms with E-state index < -0.39 is 6.03 Å². The van der Waals surface area contributed by atoms with Crippen LogP contribution in [0.1, 0.15) is 32.6 Å². The van der Waals surface area contributed by atoms with Crippen LogP contribution in [0.5, 0.6) is 0 Å². The van der Waals surface area contributed by atoms with Crippen molar-refractivity contribution < 1.29 is 4.79 Å². The Morgan fingerprint density at radius 2 is 1.85 bits per heavy atom. The molecular weight excluding hydrogens is 166 g/mol. The van der Waals surface area contributed by atoms with Crippen molar-refractivity contribution in [3.63, 3.8) is 0 Å². The third kappa shape index (κ3) is 3.63. The standard InChI is InChI=1S/C9H19N3O/c1-2-11-7-3-5-8(6-4-7)12-9(10)13/h7-8,11H,2-6H2,1H3,(H3,10,12,13). The average Bonchev–Trinajstić information content (AvgIpc) is 2.08. The minimum atomic E-state index is -0.396. The van der Waals surface area contributed by atoms with E-state index in [4.69, 9.17) is 5.73 Å². The zero-order chi connectivity index (χ0) is 9.68. The van der Waals surface area contributed by atoms with Gasteiger partial charge >= 0.3 is 6.03 Å². The number of primary amides is 1. The van der Waals surface area contributed by atoms with E-state index in [2.05, 4.69) is 17.6 Å². The third-order valence-electron chi connectivity index (χ3n) is 2.57. The molecule has 1 aliphatic rings. The number of amides is 2. The van der Waals surface area contributed by atoms with Crippen LogP contribution in [0.2, 0.25) is 0 Å². The van der Waals surface area contributed by atoms with Gasteiger partial charge in [0.15, 0.2) is 0 Å². The topological polar surface area (TPSA) is 67.2 Å². The fourth-order valence-electron chi connectivity index (χ4n) is 1.93. The van der Waals surface area contributed by atoms with Crippen LogP contribution < -0.4 is 16.4 Å². The summed E-state index contributed by atoms with van der Waals surface area (Å²) >= 11 is 0. The number of hydrogen-bond donors (Lipinski definition) is 3. The van der Waals surface area contributed by atoms with Gasteiger partial charge in [-0.1, -0.05) is 6.92 Å². The fourth-order valence-corrected chi connectivity index (χ4v) is 1.93. The first kappa shape index (κ1) is 10.3. The van der Waals surface area contributed by atoms with Crippen molar-refractivity contribution in [2.24, 2.45) is 5.73 Å². The molecule has 4 N–H and O–H groups in total. The maximum absolute atomic E-state index is 10.6. The van der Waals surface area contributed by atoms with Crippen molar-refractivity contribution >= 4 is 6.03 Å². The Kier molecular flexibility index (Phi) is 4.02. The molecule has 1 saturated carbocycles. The second-order valence-electron chi connectivity index (χ2n) is 3.61. The van der Waals surface area contributed by atoms with E-state index in [9.17, 15) is 4.79 Å². The van der Waals surface area contributed by atoms with Gasteiger partial charge in [-0.2, -0.15) is 0 Å². The van der Waals surface area contributed by atoms with Crippen molar-refractivity contribution in [3.05, 3.63) is 0 Å². The Balaban J connectivity index is 2.18. The van der Waals surface area contributed by atoms with Gasteiger partial charge in [0.05, 0.1) is 0 Å². The van der Waals surface area contributed by atoms with Crippen molar-refractivity contribution in [2.45, 2.75) is 44.7 Å². The fraction of sp³-hybridized carbons (Fsp3) is 0.889. The van der Waals surface area contributed by atoms with Gasteiger partial charge < -0.3 is 16.4 Å². The predicted octanol–water partition coefficient (Wildman–Crippen LogP) is 0.575. The van der Waals surface area contributed by atoms with Crippen LogP contribution in [0, 0.1) is 0 Å². The van der Waals surface area contributed by atoms with Crippen LogP contribution in [-0.2, 0) is 0 Å². The van der Waals surface area contributed by atoms with Crippen LogP contribution in [0.15, 0.2) is 0 Å². The number of urea groups is 1. The molecule has 1 fully saturated rings. The van der Waals surface area contributed by atoms with Crippen molar-refractivity contribution in [1.29, 1.82) is 0 Å². The van der Waals surface area contributed by atoms with Crippen LogP contribution >= 0.6 is 0 Å². The molecule has 2 amide bonds. The van der Waals surface area contributed by atoms with E-state index in [1.165, 1.54) is 0 Å². The number of carbonyl (C=O) groups excluding carboxylic acids is 1. The lowest BCUT2D eigenvalue weighted by Gasteiger charge is -2.28. The van der Waals surface area contributed by atoms with Gasteiger partial charge in [-0.3, -0.25) is 0 Å². The summed E-state index contributed by atoms with van der Waals surface area (Å²) in [6.07, 6.45) is 4.36. The molecule has 76 valence electrons. The molecule has 0 radical (unpaired) electrons. The largest absolute Gasteiger partial charge is 0.352 e. The lowest BCUT2D eigenvalue weighted by Crippen LogP contribution is -2.44. The second kappa shape index (κ2) is 5.07. The van der Waals surface area contributed by atoms with E-state index >= 15 is 0 Å². The zero-order valence-electron chi connectivity index (χ0n) is 8.18. The molecule has 1 aliphatic carbocycles. The molecule has 0 unspecified atom stereocenters. The van der Waals surface area contributed by atoms with E-state index in [-0.39, 0.29) is 0 Å². The van der Waals surface area contributed by atoms with Crippen molar-refractivity contribution in [1.82, 2.24) is 10.6 Å². The smallest absolute Gasteiger partial charge is 0.312 e. The number of carbonyl (C=O) groups is 1. The number of nitrogens with one attached hydrogen (secondary N) is 2. The maximum Gasteiger partial charge on any atom is 0.312 e.